The molecule has 0 saturated carbocycles. The van der Waals surface area contributed by atoms with E-state index in [4.69, 9.17) is 9.47 Å². The molecule has 1 aliphatic heterocycles. The van der Waals surface area contributed by atoms with Crippen LogP contribution in [0, 0.1) is 0 Å². The van der Waals surface area contributed by atoms with Crippen molar-refractivity contribution in [2.45, 2.75) is 6.54 Å². The van der Waals surface area contributed by atoms with Crippen LogP contribution in [0.3, 0.4) is 0 Å². The Hall–Kier alpha value is -1.90. The van der Waals surface area contributed by atoms with Crippen LogP contribution in [-0.2, 0) is 6.54 Å². The van der Waals surface area contributed by atoms with Gasteiger partial charge in [-0.3, -0.25) is 0 Å². The predicted octanol–water partition coefficient (Wildman–Crippen LogP) is 2.56. The molecular formula is C12H11NO2. The lowest BCUT2D eigenvalue weighted by molar-refractivity contribution is 0.174. The maximum Gasteiger partial charge on any atom is 0.231 e. The van der Waals surface area contributed by atoms with Gasteiger partial charge in [0.15, 0.2) is 11.5 Å². The van der Waals surface area contributed by atoms with Crippen molar-refractivity contribution in [2.24, 2.45) is 0 Å². The highest BCUT2D eigenvalue weighted by Gasteiger charge is 2.15. The first kappa shape index (κ1) is 8.41. The molecule has 76 valence electrons. The Kier molecular flexibility index (Phi) is 1.71. The number of rotatable bonds is 2. The lowest BCUT2D eigenvalue weighted by Gasteiger charge is -2.02. The highest BCUT2D eigenvalue weighted by molar-refractivity contribution is 5.84. The Balaban J connectivity index is 2.22. The molecule has 3 heteroatoms. The van der Waals surface area contributed by atoms with Crippen LogP contribution in [0.5, 0.6) is 11.5 Å². The maximum atomic E-state index is 5.35. The molecule has 1 aromatic carbocycles. The molecule has 0 amide bonds. The van der Waals surface area contributed by atoms with Gasteiger partial charge in [0.05, 0.1) is 5.52 Å². The van der Waals surface area contributed by atoms with Crippen molar-refractivity contribution in [3.05, 3.63) is 37.1 Å². The van der Waals surface area contributed by atoms with Crippen LogP contribution in [0.4, 0.5) is 0 Å². The van der Waals surface area contributed by atoms with E-state index in [0.29, 0.717) is 6.79 Å². The van der Waals surface area contributed by atoms with Crippen LogP contribution >= 0.6 is 0 Å². The normalized spacial score (nSPS) is 13.3. The number of ether oxygens (including phenoxy) is 2. The predicted molar refractivity (Wildman–Crippen MR) is 58.3 cm³/mol. The number of hydrogen-bond donors (Lipinski definition) is 0. The third-order valence-corrected chi connectivity index (χ3v) is 2.59. The third-order valence-electron chi connectivity index (χ3n) is 2.59. The molecule has 1 aromatic heterocycles. The smallest absolute Gasteiger partial charge is 0.231 e. The summed E-state index contributed by atoms with van der Waals surface area (Å²) in [6, 6.07) is 6.10. The van der Waals surface area contributed by atoms with Gasteiger partial charge in [-0.15, -0.1) is 6.58 Å². The van der Waals surface area contributed by atoms with Crippen molar-refractivity contribution in [1.29, 1.82) is 0 Å². The van der Waals surface area contributed by atoms with Gasteiger partial charge in [-0.25, -0.2) is 0 Å². The van der Waals surface area contributed by atoms with Crippen molar-refractivity contribution >= 4 is 10.9 Å². The highest BCUT2D eigenvalue weighted by Crippen LogP contribution is 2.36. The van der Waals surface area contributed by atoms with Gasteiger partial charge in [0.1, 0.15) is 0 Å². The molecule has 3 nitrogen and oxygen atoms in total. The highest BCUT2D eigenvalue weighted by atomic mass is 16.7. The van der Waals surface area contributed by atoms with E-state index in [2.05, 4.69) is 17.2 Å². The molecular weight excluding hydrogens is 190 g/mol. The van der Waals surface area contributed by atoms with Gasteiger partial charge in [-0.1, -0.05) is 6.08 Å². The molecule has 0 radical (unpaired) electrons. The lowest BCUT2D eigenvalue weighted by atomic mass is 10.2. The number of aromatic nitrogens is 1. The Bertz CT molecular complexity index is 528. The fraction of sp³-hybridized carbons (Fsp3) is 0.167. The summed E-state index contributed by atoms with van der Waals surface area (Å²) in [4.78, 5) is 0. The minimum absolute atomic E-state index is 0.323. The van der Waals surface area contributed by atoms with Crippen molar-refractivity contribution in [3.63, 3.8) is 0 Å². The standard InChI is InChI=1S/C12H11NO2/c1-2-4-13-5-3-9-6-11-12(7-10(9)13)15-8-14-11/h2-3,5-7H,1,4,8H2. The molecule has 0 atom stereocenters. The molecule has 2 aromatic rings. The van der Waals surface area contributed by atoms with E-state index in [1.807, 2.05) is 24.4 Å². The first-order chi connectivity index (χ1) is 7.38. The zero-order chi connectivity index (χ0) is 10.3. The minimum atomic E-state index is 0.323. The summed E-state index contributed by atoms with van der Waals surface area (Å²) in [7, 11) is 0. The minimum Gasteiger partial charge on any atom is -0.454 e. The number of hydrogen-bond acceptors (Lipinski definition) is 2. The summed E-state index contributed by atoms with van der Waals surface area (Å²) in [6.07, 6.45) is 3.92. The molecule has 0 unspecified atom stereocenters. The summed E-state index contributed by atoms with van der Waals surface area (Å²) in [5, 5.41) is 1.17. The molecule has 0 spiro atoms. The molecule has 3 rings (SSSR count). The average molecular weight is 201 g/mol. The molecule has 0 N–H and O–H groups in total. The molecule has 1 aliphatic rings. The Morgan fingerprint density at radius 1 is 1.33 bits per heavy atom. The van der Waals surface area contributed by atoms with E-state index < -0.39 is 0 Å². The number of nitrogens with zero attached hydrogens (tertiary/aromatic N) is 1. The fourth-order valence-electron chi connectivity index (χ4n) is 1.88. The van der Waals surface area contributed by atoms with E-state index in [1.165, 1.54) is 5.39 Å². The summed E-state index contributed by atoms with van der Waals surface area (Å²) < 4.78 is 12.8. The van der Waals surface area contributed by atoms with Gasteiger partial charge in [0.25, 0.3) is 0 Å². The quantitative estimate of drug-likeness (QED) is 0.697. The second-order valence-corrected chi connectivity index (χ2v) is 3.52. The monoisotopic (exact) mass is 201 g/mol. The van der Waals surface area contributed by atoms with Gasteiger partial charge in [-0.05, 0) is 12.1 Å². The van der Waals surface area contributed by atoms with Crippen molar-refractivity contribution in [3.8, 4) is 11.5 Å². The van der Waals surface area contributed by atoms with Gasteiger partial charge in [-0.2, -0.15) is 0 Å². The Morgan fingerprint density at radius 3 is 2.93 bits per heavy atom. The SMILES string of the molecule is C=CCn1ccc2cc3c(cc21)OCO3. The zero-order valence-corrected chi connectivity index (χ0v) is 8.27. The zero-order valence-electron chi connectivity index (χ0n) is 8.27. The van der Waals surface area contributed by atoms with E-state index >= 15 is 0 Å². The van der Waals surface area contributed by atoms with E-state index in [-0.39, 0.29) is 0 Å². The summed E-state index contributed by atoms with van der Waals surface area (Å²) >= 11 is 0. The van der Waals surface area contributed by atoms with Crippen LogP contribution in [0.25, 0.3) is 10.9 Å². The fourth-order valence-corrected chi connectivity index (χ4v) is 1.88. The van der Waals surface area contributed by atoms with Gasteiger partial charge in [0.2, 0.25) is 6.79 Å². The van der Waals surface area contributed by atoms with E-state index in [9.17, 15) is 0 Å². The summed E-state index contributed by atoms with van der Waals surface area (Å²) in [6.45, 7) is 4.87. The van der Waals surface area contributed by atoms with Crippen molar-refractivity contribution < 1.29 is 9.47 Å². The van der Waals surface area contributed by atoms with Crippen LogP contribution in [0.15, 0.2) is 37.1 Å². The van der Waals surface area contributed by atoms with Gasteiger partial charge >= 0.3 is 0 Å². The summed E-state index contributed by atoms with van der Waals surface area (Å²) in [5.41, 5.74) is 1.15. The van der Waals surface area contributed by atoms with Crippen LogP contribution in [0.2, 0.25) is 0 Å². The number of fused-ring (bicyclic) bond motifs is 2. The van der Waals surface area contributed by atoms with Crippen molar-refractivity contribution in [1.82, 2.24) is 4.57 Å². The first-order valence-corrected chi connectivity index (χ1v) is 4.88. The second-order valence-electron chi connectivity index (χ2n) is 3.52. The molecule has 0 fully saturated rings. The van der Waals surface area contributed by atoms with E-state index in [0.717, 1.165) is 23.6 Å². The maximum absolute atomic E-state index is 5.35. The topological polar surface area (TPSA) is 23.4 Å². The van der Waals surface area contributed by atoms with Crippen LogP contribution in [-0.4, -0.2) is 11.4 Å². The first-order valence-electron chi connectivity index (χ1n) is 4.88. The summed E-state index contributed by atoms with van der Waals surface area (Å²) in [5.74, 6) is 1.66. The second kappa shape index (κ2) is 3.05. The largest absolute Gasteiger partial charge is 0.454 e. The average Bonchev–Trinajstić information content (AvgIpc) is 2.82. The van der Waals surface area contributed by atoms with Crippen molar-refractivity contribution in [2.75, 3.05) is 6.79 Å². The molecule has 0 bridgehead atoms. The lowest BCUT2D eigenvalue weighted by Crippen LogP contribution is -1.93. The Labute approximate surface area is 87.5 Å². The van der Waals surface area contributed by atoms with E-state index in [1.54, 1.807) is 0 Å². The third kappa shape index (κ3) is 1.20. The molecule has 0 aliphatic carbocycles. The number of allylic oxidation sites excluding steroid dienone is 1. The van der Waals surface area contributed by atoms with Crippen LogP contribution < -0.4 is 9.47 Å². The number of benzene rings is 1. The van der Waals surface area contributed by atoms with Gasteiger partial charge in [0, 0.05) is 24.2 Å². The Morgan fingerprint density at radius 2 is 2.13 bits per heavy atom. The van der Waals surface area contributed by atoms with Crippen LogP contribution in [0.1, 0.15) is 0 Å². The molecule has 0 saturated heterocycles. The molecule has 2 heterocycles. The molecule has 15 heavy (non-hydrogen) atoms. The van der Waals surface area contributed by atoms with Gasteiger partial charge < -0.3 is 14.0 Å².